The summed E-state index contributed by atoms with van der Waals surface area (Å²) in [5.74, 6) is 1.23. The van der Waals surface area contributed by atoms with E-state index in [1.54, 1.807) is 25.3 Å². The van der Waals surface area contributed by atoms with Gasteiger partial charge in [-0.15, -0.1) is 10.2 Å². The Bertz CT molecular complexity index is 651. The Morgan fingerprint density at radius 3 is 2.68 bits per heavy atom. The van der Waals surface area contributed by atoms with Crippen LogP contribution in [0.5, 0.6) is 5.75 Å². The van der Waals surface area contributed by atoms with Gasteiger partial charge in [-0.05, 0) is 37.1 Å². The molecule has 1 aromatic carbocycles. The molecule has 1 aromatic heterocycles. The summed E-state index contributed by atoms with van der Waals surface area (Å²) in [6.07, 6.45) is 2.36. The zero-order chi connectivity index (χ0) is 15.4. The largest absolute Gasteiger partial charge is 0.497 e. The third-order valence-corrected chi connectivity index (χ3v) is 3.64. The van der Waals surface area contributed by atoms with Crippen LogP contribution in [0.2, 0.25) is 0 Å². The fourth-order valence-corrected chi connectivity index (χ4v) is 2.46. The van der Waals surface area contributed by atoms with Crippen LogP contribution in [0.15, 0.2) is 36.4 Å². The molecule has 0 bridgehead atoms. The number of nitrogens with zero attached hydrogens (tertiary/aromatic N) is 3. The van der Waals surface area contributed by atoms with E-state index >= 15 is 0 Å². The predicted molar refractivity (Wildman–Crippen MR) is 84.4 cm³/mol. The number of ether oxygens (including phenoxy) is 1. The lowest BCUT2D eigenvalue weighted by atomic mass is 10.3. The Kier molecular flexibility index (Phi) is 4.18. The first-order valence-corrected chi connectivity index (χ1v) is 7.30. The molecule has 114 valence electrons. The quantitative estimate of drug-likeness (QED) is 0.938. The first kappa shape index (κ1) is 14.3. The lowest BCUT2D eigenvalue weighted by Gasteiger charge is -2.15. The maximum atomic E-state index is 12.2. The normalized spacial score (nSPS) is 14.0. The number of aromatic nitrogens is 2. The minimum atomic E-state index is -0.284. The van der Waals surface area contributed by atoms with E-state index in [9.17, 15) is 4.79 Å². The number of methoxy groups -OCH3 is 1. The van der Waals surface area contributed by atoms with Crippen LogP contribution in [-0.4, -0.2) is 36.3 Å². The topological polar surface area (TPSA) is 67.3 Å². The first-order valence-electron chi connectivity index (χ1n) is 7.30. The second-order valence-corrected chi connectivity index (χ2v) is 5.16. The molecule has 0 aliphatic carbocycles. The molecule has 0 radical (unpaired) electrons. The van der Waals surface area contributed by atoms with Crippen LogP contribution in [-0.2, 0) is 0 Å². The van der Waals surface area contributed by atoms with Crippen molar-refractivity contribution < 1.29 is 9.53 Å². The Labute approximate surface area is 129 Å². The first-order chi connectivity index (χ1) is 10.8. The summed E-state index contributed by atoms with van der Waals surface area (Å²) in [4.78, 5) is 14.4. The number of hydrogen-bond donors (Lipinski definition) is 1. The highest BCUT2D eigenvalue weighted by Gasteiger charge is 2.15. The molecular formula is C16H18N4O2. The monoisotopic (exact) mass is 298 g/mol. The number of hydrogen-bond acceptors (Lipinski definition) is 5. The van der Waals surface area contributed by atoms with Gasteiger partial charge in [0.25, 0.3) is 5.91 Å². The van der Waals surface area contributed by atoms with E-state index in [1.165, 1.54) is 12.8 Å². The van der Waals surface area contributed by atoms with Crippen LogP contribution < -0.4 is 15.0 Å². The Morgan fingerprint density at radius 2 is 2.00 bits per heavy atom. The minimum absolute atomic E-state index is 0.284. The summed E-state index contributed by atoms with van der Waals surface area (Å²) in [5.41, 5.74) is 0.959. The average Bonchev–Trinajstić information content (AvgIpc) is 3.09. The zero-order valence-corrected chi connectivity index (χ0v) is 12.5. The molecule has 1 aliphatic rings. The minimum Gasteiger partial charge on any atom is -0.497 e. The van der Waals surface area contributed by atoms with Gasteiger partial charge in [0, 0.05) is 24.8 Å². The molecule has 22 heavy (non-hydrogen) atoms. The van der Waals surface area contributed by atoms with Gasteiger partial charge in [0.2, 0.25) is 0 Å². The van der Waals surface area contributed by atoms with Gasteiger partial charge in [-0.25, -0.2) is 0 Å². The lowest BCUT2D eigenvalue weighted by Crippen LogP contribution is -2.21. The predicted octanol–water partition coefficient (Wildman–Crippen LogP) is 2.34. The molecule has 1 aliphatic heterocycles. The van der Waals surface area contributed by atoms with Crippen molar-refractivity contribution in [3.05, 3.63) is 42.1 Å². The third-order valence-electron chi connectivity index (χ3n) is 3.64. The van der Waals surface area contributed by atoms with Crippen LogP contribution in [0.1, 0.15) is 23.3 Å². The zero-order valence-electron chi connectivity index (χ0n) is 12.5. The molecule has 3 rings (SSSR count). The fraction of sp³-hybridized carbons (Fsp3) is 0.312. The van der Waals surface area contributed by atoms with Gasteiger partial charge in [0.05, 0.1) is 7.11 Å². The number of anilines is 2. The number of nitrogens with one attached hydrogen (secondary N) is 1. The number of amides is 1. The van der Waals surface area contributed by atoms with Crippen molar-refractivity contribution in [3.63, 3.8) is 0 Å². The van der Waals surface area contributed by atoms with Gasteiger partial charge in [-0.1, -0.05) is 6.07 Å². The highest BCUT2D eigenvalue weighted by Crippen LogP contribution is 2.18. The highest BCUT2D eigenvalue weighted by atomic mass is 16.5. The third kappa shape index (κ3) is 3.16. The van der Waals surface area contributed by atoms with Crippen molar-refractivity contribution in [1.29, 1.82) is 0 Å². The van der Waals surface area contributed by atoms with Crippen molar-refractivity contribution in [2.75, 3.05) is 30.4 Å². The summed E-state index contributed by atoms with van der Waals surface area (Å²) in [5, 5.41) is 11.0. The molecule has 2 heterocycles. The molecular weight excluding hydrogens is 280 g/mol. The number of carbonyl (C=O) groups excluding carboxylic acids is 1. The molecule has 0 saturated carbocycles. The molecule has 1 fully saturated rings. The lowest BCUT2D eigenvalue weighted by molar-refractivity contribution is 0.102. The summed E-state index contributed by atoms with van der Waals surface area (Å²) in [7, 11) is 1.59. The SMILES string of the molecule is COc1cccc(NC(=O)c2ccc(N3CCCC3)nn2)c1. The molecule has 1 N–H and O–H groups in total. The molecule has 6 heteroatoms. The van der Waals surface area contributed by atoms with E-state index < -0.39 is 0 Å². The van der Waals surface area contributed by atoms with Crippen LogP contribution in [0, 0.1) is 0 Å². The number of carbonyl (C=O) groups is 1. The van der Waals surface area contributed by atoms with Gasteiger partial charge >= 0.3 is 0 Å². The average molecular weight is 298 g/mol. The second kappa shape index (κ2) is 6.43. The molecule has 6 nitrogen and oxygen atoms in total. The molecule has 1 amide bonds. The van der Waals surface area contributed by atoms with E-state index in [-0.39, 0.29) is 5.91 Å². The van der Waals surface area contributed by atoms with E-state index in [0.29, 0.717) is 17.1 Å². The standard InChI is InChI=1S/C16H18N4O2/c1-22-13-6-4-5-12(11-13)17-16(21)14-7-8-15(19-18-14)20-9-2-3-10-20/h4-8,11H,2-3,9-10H2,1H3,(H,17,21). The van der Waals surface area contributed by atoms with Crippen molar-refractivity contribution in [3.8, 4) is 5.75 Å². The van der Waals surface area contributed by atoms with E-state index in [2.05, 4.69) is 20.4 Å². The van der Waals surface area contributed by atoms with Crippen LogP contribution in [0.25, 0.3) is 0 Å². The highest BCUT2D eigenvalue weighted by molar-refractivity contribution is 6.02. The number of benzene rings is 1. The smallest absolute Gasteiger partial charge is 0.276 e. The van der Waals surface area contributed by atoms with Gasteiger partial charge < -0.3 is 15.0 Å². The van der Waals surface area contributed by atoms with Crippen LogP contribution in [0.4, 0.5) is 11.5 Å². The van der Waals surface area contributed by atoms with E-state index in [1.807, 2.05) is 18.2 Å². The van der Waals surface area contributed by atoms with Crippen molar-refractivity contribution >= 4 is 17.4 Å². The summed E-state index contributed by atoms with van der Waals surface area (Å²) < 4.78 is 5.13. The van der Waals surface area contributed by atoms with Gasteiger partial charge in [0.15, 0.2) is 11.5 Å². The Morgan fingerprint density at radius 1 is 1.18 bits per heavy atom. The summed E-state index contributed by atoms with van der Waals surface area (Å²) >= 11 is 0. The number of rotatable bonds is 4. The van der Waals surface area contributed by atoms with Crippen LogP contribution >= 0.6 is 0 Å². The van der Waals surface area contributed by atoms with Crippen molar-refractivity contribution in [2.45, 2.75) is 12.8 Å². The maximum absolute atomic E-state index is 12.2. The molecule has 0 spiro atoms. The molecule has 0 unspecified atom stereocenters. The maximum Gasteiger partial charge on any atom is 0.276 e. The second-order valence-electron chi connectivity index (χ2n) is 5.16. The van der Waals surface area contributed by atoms with E-state index in [4.69, 9.17) is 4.74 Å². The van der Waals surface area contributed by atoms with Gasteiger partial charge in [0.1, 0.15) is 5.75 Å². The molecule has 2 aromatic rings. The van der Waals surface area contributed by atoms with Crippen molar-refractivity contribution in [1.82, 2.24) is 10.2 Å². The Hall–Kier alpha value is -2.63. The Balaban J connectivity index is 1.69. The summed E-state index contributed by atoms with van der Waals surface area (Å²) in [6, 6.07) is 10.7. The molecule has 0 atom stereocenters. The van der Waals surface area contributed by atoms with Gasteiger partial charge in [-0.2, -0.15) is 0 Å². The van der Waals surface area contributed by atoms with Crippen LogP contribution in [0.3, 0.4) is 0 Å². The van der Waals surface area contributed by atoms with Gasteiger partial charge in [-0.3, -0.25) is 4.79 Å². The van der Waals surface area contributed by atoms with Crippen molar-refractivity contribution in [2.24, 2.45) is 0 Å². The van der Waals surface area contributed by atoms with E-state index in [0.717, 1.165) is 18.9 Å². The summed E-state index contributed by atoms with van der Waals surface area (Å²) in [6.45, 7) is 2.01. The molecule has 1 saturated heterocycles. The fourth-order valence-electron chi connectivity index (χ4n) is 2.46.